The SMILES string of the molecule is COc1ccc(C(=O)NCc2nnc(SCC(=O)N3N=C(c4ccc(OC)cc4)C[C@H]3c3ccc(F)cc3)n2C)cc1. The van der Waals surface area contributed by atoms with E-state index in [0.717, 1.165) is 22.6 Å². The van der Waals surface area contributed by atoms with Crippen LogP contribution in [-0.4, -0.2) is 57.3 Å². The minimum Gasteiger partial charge on any atom is -0.497 e. The molecule has 2 amide bonds. The van der Waals surface area contributed by atoms with E-state index in [2.05, 4.69) is 20.6 Å². The minimum absolute atomic E-state index is 0.0568. The molecule has 1 aliphatic rings. The molecule has 3 aromatic carbocycles. The largest absolute Gasteiger partial charge is 0.497 e. The zero-order chi connectivity index (χ0) is 29.6. The highest BCUT2D eigenvalue weighted by atomic mass is 32.2. The third-order valence-corrected chi connectivity index (χ3v) is 7.86. The second-order valence-corrected chi connectivity index (χ2v) is 10.4. The maximum atomic E-state index is 13.6. The van der Waals surface area contributed by atoms with Crippen LogP contribution in [-0.2, 0) is 18.4 Å². The van der Waals surface area contributed by atoms with E-state index < -0.39 is 0 Å². The quantitative estimate of drug-likeness (QED) is 0.274. The summed E-state index contributed by atoms with van der Waals surface area (Å²) in [5.74, 6) is 1.15. The van der Waals surface area contributed by atoms with E-state index in [9.17, 15) is 14.0 Å². The number of halogens is 1. The molecule has 0 spiro atoms. The predicted molar refractivity (Wildman–Crippen MR) is 156 cm³/mol. The van der Waals surface area contributed by atoms with Crippen LogP contribution < -0.4 is 14.8 Å². The summed E-state index contributed by atoms with van der Waals surface area (Å²) >= 11 is 1.22. The molecule has 0 saturated heterocycles. The Kier molecular flexibility index (Phi) is 8.82. The Bertz CT molecular complexity index is 1590. The lowest BCUT2D eigenvalue weighted by Crippen LogP contribution is -2.28. The van der Waals surface area contributed by atoms with Crippen LogP contribution in [0.15, 0.2) is 83.1 Å². The number of methoxy groups -OCH3 is 2. The zero-order valence-electron chi connectivity index (χ0n) is 23.3. The number of nitrogens with one attached hydrogen (secondary N) is 1. The lowest BCUT2D eigenvalue weighted by atomic mass is 9.98. The van der Waals surface area contributed by atoms with Crippen molar-refractivity contribution in [2.45, 2.75) is 24.2 Å². The van der Waals surface area contributed by atoms with E-state index in [1.807, 2.05) is 24.3 Å². The molecule has 0 aliphatic carbocycles. The Morgan fingerprint density at radius 2 is 1.60 bits per heavy atom. The zero-order valence-corrected chi connectivity index (χ0v) is 24.1. The van der Waals surface area contributed by atoms with Gasteiger partial charge in [-0.25, -0.2) is 9.40 Å². The summed E-state index contributed by atoms with van der Waals surface area (Å²) in [6, 6.07) is 20.0. The van der Waals surface area contributed by atoms with Crippen LogP contribution in [0.1, 0.15) is 39.8 Å². The summed E-state index contributed by atoms with van der Waals surface area (Å²) in [5, 5.41) is 17.9. The van der Waals surface area contributed by atoms with Crippen molar-refractivity contribution in [3.8, 4) is 11.5 Å². The first-order chi connectivity index (χ1) is 20.4. The fraction of sp³-hybridized carbons (Fsp3) is 0.233. The highest BCUT2D eigenvalue weighted by molar-refractivity contribution is 7.99. The number of amides is 2. The molecule has 0 radical (unpaired) electrons. The fourth-order valence-electron chi connectivity index (χ4n) is 4.46. The number of benzene rings is 3. The van der Waals surface area contributed by atoms with Crippen LogP contribution in [0.3, 0.4) is 0 Å². The Morgan fingerprint density at radius 1 is 0.952 bits per heavy atom. The number of hydrogen-bond acceptors (Lipinski definition) is 8. The summed E-state index contributed by atoms with van der Waals surface area (Å²) < 4.78 is 25.8. The van der Waals surface area contributed by atoms with Gasteiger partial charge < -0.3 is 19.4 Å². The second-order valence-electron chi connectivity index (χ2n) is 9.44. The van der Waals surface area contributed by atoms with Gasteiger partial charge in [0.05, 0.1) is 38.3 Å². The summed E-state index contributed by atoms with van der Waals surface area (Å²) in [4.78, 5) is 26.0. The van der Waals surface area contributed by atoms with Crippen molar-refractivity contribution in [2.24, 2.45) is 12.1 Å². The maximum absolute atomic E-state index is 13.6. The van der Waals surface area contributed by atoms with Gasteiger partial charge in [0.1, 0.15) is 17.3 Å². The van der Waals surface area contributed by atoms with Crippen molar-refractivity contribution in [3.05, 3.63) is 101 Å². The maximum Gasteiger partial charge on any atom is 0.253 e. The fourth-order valence-corrected chi connectivity index (χ4v) is 5.25. The first kappa shape index (κ1) is 28.8. The van der Waals surface area contributed by atoms with Crippen LogP contribution in [0.4, 0.5) is 4.39 Å². The van der Waals surface area contributed by atoms with Crippen LogP contribution in [0.5, 0.6) is 11.5 Å². The monoisotopic (exact) mass is 588 g/mol. The van der Waals surface area contributed by atoms with Gasteiger partial charge in [-0.15, -0.1) is 10.2 Å². The van der Waals surface area contributed by atoms with E-state index in [-0.39, 0.29) is 36.0 Å². The molecule has 42 heavy (non-hydrogen) atoms. The Labute approximate surface area is 246 Å². The van der Waals surface area contributed by atoms with E-state index >= 15 is 0 Å². The molecule has 4 aromatic rings. The molecule has 10 nitrogen and oxygen atoms in total. The van der Waals surface area contributed by atoms with E-state index in [1.165, 1.54) is 28.9 Å². The molecule has 0 saturated carbocycles. The van der Waals surface area contributed by atoms with Gasteiger partial charge in [0, 0.05) is 19.0 Å². The summed E-state index contributed by atoms with van der Waals surface area (Å²) in [6.45, 7) is 0.164. The molecular formula is C30H29FN6O4S. The number of rotatable bonds is 10. The lowest BCUT2D eigenvalue weighted by molar-refractivity contribution is -0.130. The molecule has 12 heteroatoms. The van der Waals surface area contributed by atoms with Crippen molar-refractivity contribution < 1.29 is 23.5 Å². The van der Waals surface area contributed by atoms with E-state index in [4.69, 9.17) is 9.47 Å². The molecule has 0 bridgehead atoms. The van der Waals surface area contributed by atoms with Gasteiger partial charge in [-0.05, 0) is 71.8 Å². The number of hydrogen-bond donors (Lipinski definition) is 1. The van der Waals surface area contributed by atoms with Crippen molar-refractivity contribution >= 4 is 29.3 Å². The molecule has 2 heterocycles. The number of ether oxygens (including phenoxy) is 2. The van der Waals surface area contributed by atoms with E-state index in [1.54, 1.807) is 62.2 Å². The number of nitrogens with zero attached hydrogens (tertiary/aromatic N) is 5. The molecule has 1 aliphatic heterocycles. The number of hydrazone groups is 1. The normalized spacial score (nSPS) is 14.4. The predicted octanol–water partition coefficient (Wildman–Crippen LogP) is 4.37. The van der Waals surface area contributed by atoms with Crippen LogP contribution in [0, 0.1) is 5.82 Å². The van der Waals surface area contributed by atoms with Crippen LogP contribution >= 0.6 is 11.8 Å². The molecule has 0 fully saturated rings. The van der Waals surface area contributed by atoms with Gasteiger partial charge in [-0.2, -0.15) is 5.10 Å². The smallest absolute Gasteiger partial charge is 0.253 e. The second kappa shape index (κ2) is 12.9. The highest BCUT2D eigenvalue weighted by Crippen LogP contribution is 2.34. The number of carbonyl (C=O) groups excluding carboxylic acids is 2. The van der Waals surface area contributed by atoms with Crippen molar-refractivity contribution in [1.82, 2.24) is 25.1 Å². The first-order valence-corrected chi connectivity index (χ1v) is 14.1. The van der Waals surface area contributed by atoms with Gasteiger partial charge in [-0.1, -0.05) is 23.9 Å². The third-order valence-electron chi connectivity index (χ3n) is 6.85. The average Bonchev–Trinajstić information content (AvgIpc) is 3.63. The molecule has 216 valence electrons. The van der Waals surface area contributed by atoms with Gasteiger partial charge in [0.2, 0.25) is 0 Å². The summed E-state index contributed by atoms with van der Waals surface area (Å²) in [5.41, 5.74) is 2.91. The number of thioether (sulfide) groups is 1. The first-order valence-electron chi connectivity index (χ1n) is 13.1. The summed E-state index contributed by atoms with van der Waals surface area (Å²) in [6.07, 6.45) is 0.483. The van der Waals surface area contributed by atoms with Gasteiger partial charge >= 0.3 is 0 Å². The van der Waals surface area contributed by atoms with E-state index in [0.29, 0.717) is 28.7 Å². The lowest BCUT2D eigenvalue weighted by Gasteiger charge is -2.22. The van der Waals surface area contributed by atoms with Crippen molar-refractivity contribution in [2.75, 3.05) is 20.0 Å². The Hall–Kier alpha value is -4.71. The van der Waals surface area contributed by atoms with Gasteiger partial charge in [-0.3, -0.25) is 9.59 Å². The Morgan fingerprint density at radius 3 is 2.24 bits per heavy atom. The van der Waals surface area contributed by atoms with Gasteiger partial charge in [0.25, 0.3) is 11.8 Å². The van der Waals surface area contributed by atoms with Crippen LogP contribution in [0.25, 0.3) is 0 Å². The standard InChI is InChI=1S/C30H29FN6O4S/c1-36-27(17-32-29(39)21-8-14-24(41-3)15-9-21)33-34-30(36)42-18-28(38)37-26(20-4-10-22(31)11-5-20)16-25(35-37)19-6-12-23(40-2)13-7-19/h4-15,26H,16-18H2,1-3H3,(H,32,39)/t26-/m0/s1. The van der Waals surface area contributed by atoms with Gasteiger partial charge in [0.15, 0.2) is 11.0 Å². The summed E-state index contributed by atoms with van der Waals surface area (Å²) in [7, 11) is 4.94. The topological polar surface area (TPSA) is 111 Å². The average molecular weight is 589 g/mol. The Balaban J connectivity index is 1.25. The number of aromatic nitrogens is 3. The molecule has 1 N–H and O–H groups in total. The van der Waals surface area contributed by atoms with Crippen molar-refractivity contribution in [3.63, 3.8) is 0 Å². The molecule has 5 rings (SSSR count). The molecular weight excluding hydrogens is 559 g/mol. The minimum atomic E-state index is -0.376. The molecule has 1 aromatic heterocycles. The molecule has 0 unspecified atom stereocenters. The third kappa shape index (κ3) is 6.44. The molecule has 1 atom stereocenters. The highest BCUT2D eigenvalue weighted by Gasteiger charge is 2.33. The number of carbonyl (C=O) groups is 2. The van der Waals surface area contributed by atoms with Crippen molar-refractivity contribution in [1.29, 1.82) is 0 Å². The van der Waals surface area contributed by atoms with Crippen LogP contribution in [0.2, 0.25) is 0 Å².